The molecule has 1 aliphatic carbocycles. The molecule has 0 aromatic carbocycles. The summed E-state index contributed by atoms with van der Waals surface area (Å²) < 4.78 is 0. The highest BCUT2D eigenvalue weighted by atomic mass is 16.2. The summed E-state index contributed by atoms with van der Waals surface area (Å²) in [6.07, 6.45) is 7.69. The van der Waals surface area contributed by atoms with E-state index in [4.69, 9.17) is 0 Å². The molecule has 0 saturated heterocycles. The highest BCUT2D eigenvalue weighted by molar-refractivity contribution is 5.74. The third kappa shape index (κ3) is 3.72. The summed E-state index contributed by atoms with van der Waals surface area (Å²) in [5, 5.41) is 5.97. The van der Waals surface area contributed by atoms with Crippen LogP contribution in [0.1, 0.15) is 50.8 Å². The van der Waals surface area contributed by atoms with E-state index in [9.17, 15) is 4.79 Å². The predicted octanol–water partition coefficient (Wildman–Crippen LogP) is 2.77. The fraction of sp³-hybridized carbons (Fsp3) is 0.571. The van der Waals surface area contributed by atoms with Gasteiger partial charge in [-0.2, -0.15) is 0 Å². The molecule has 0 bridgehead atoms. The number of hydrogen-bond donors (Lipinski definition) is 2. The Hall–Kier alpha value is -1.58. The van der Waals surface area contributed by atoms with Gasteiger partial charge in [0.1, 0.15) is 0 Å². The Kier molecular flexibility index (Phi) is 4.56. The number of nitrogens with zero attached hydrogens (tertiary/aromatic N) is 1. The monoisotopic (exact) mass is 247 g/mol. The van der Waals surface area contributed by atoms with E-state index in [-0.39, 0.29) is 12.1 Å². The Balaban J connectivity index is 1.80. The highest BCUT2D eigenvalue weighted by Gasteiger charge is 2.17. The van der Waals surface area contributed by atoms with Crippen LogP contribution in [0.2, 0.25) is 0 Å². The van der Waals surface area contributed by atoms with Crippen molar-refractivity contribution in [3.05, 3.63) is 30.1 Å². The third-order valence-electron chi connectivity index (χ3n) is 3.42. The van der Waals surface area contributed by atoms with E-state index in [1.807, 2.05) is 25.1 Å². The summed E-state index contributed by atoms with van der Waals surface area (Å²) in [5.74, 6) is 0. The summed E-state index contributed by atoms with van der Waals surface area (Å²) >= 11 is 0. The first kappa shape index (κ1) is 12.9. The van der Waals surface area contributed by atoms with Gasteiger partial charge < -0.3 is 10.6 Å². The molecule has 1 aromatic heterocycles. The van der Waals surface area contributed by atoms with Crippen molar-refractivity contribution < 1.29 is 4.79 Å². The quantitative estimate of drug-likeness (QED) is 0.863. The van der Waals surface area contributed by atoms with Gasteiger partial charge in [-0.25, -0.2) is 4.79 Å². The van der Waals surface area contributed by atoms with Crippen molar-refractivity contribution in [3.8, 4) is 0 Å². The van der Waals surface area contributed by atoms with Crippen molar-refractivity contribution in [1.29, 1.82) is 0 Å². The van der Waals surface area contributed by atoms with Crippen LogP contribution in [0.4, 0.5) is 4.79 Å². The second kappa shape index (κ2) is 6.38. The first-order chi connectivity index (χ1) is 8.75. The molecule has 1 heterocycles. The number of nitrogens with one attached hydrogen (secondary N) is 2. The number of carbonyl (C=O) groups is 1. The van der Waals surface area contributed by atoms with Gasteiger partial charge in [0.25, 0.3) is 0 Å². The fourth-order valence-corrected chi connectivity index (χ4v) is 2.38. The second-order valence-corrected chi connectivity index (χ2v) is 4.93. The van der Waals surface area contributed by atoms with Gasteiger partial charge in [0.15, 0.2) is 0 Å². The average molecular weight is 247 g/mol. The van der Waals surface area contributed by atoms with Crippen LogP contribution >= 0.6 is 0 Å². The van der Waals surface area contributed by atoms with Crippen LogP contribution in [-0.2, 0) is 0 Å². The molecule has 2 N–H and O–H groups in total. The van der Waals surface area contributed by atoms with E-state index < -0.39 is 0 Å². The van der Waals surface area contributed by atoms with Crippen LogP contribution in [0.5, 0.6) is 0 Å². The standard InChI is InChI=1S/C14H21N3O/c1-11(13-9-5-6-10-15-13)16-14(18)17-12-7-3-2-4-8-12/h5-6,9-12H,2-4,7-8H2,1H3,(H2,16,17,18)/t11-/m0/s1. The van der Waals surface area contributed by atoms with Gasteiger partial charge in [0.05, 0.1) is 11.7 Å². The topological polar surface area (TPSA) is 54.0 Å². The molecule has 1 aromatic rings. The zero-order valence-electron chi connectivity index (χ0n) is 10.9. The molecule has 98 valence electrons. The minimum absolute atomic E-state index is 0.0604. The molecule has 0 unspecified atom stereocenters. The Morgan fingerprint density at radius 1 is 1.33 bits per heavy atom. The SMILES string of the molecule is C[C@H](NC(=O)NC1CCCCC1)c1ccccn1. The first-order valence-corrected chi connectivity index (χ1v) is 6.73. The maximum Gasteiger partial charge on any atom is 0.315 e. The Labute approximate surface area is 108 Å². The van der Waals surface area contributed by atoms with Gasteiger partial charge in [0.2, 0.25) is 0 Å². The van der Waals surface area contributed by atoms with Crippen molar-refractivity contribution >= 4 is 6.03 Å². The van der Waals surface area contributed by atoms with Crippen LogP contribution < -0.4 is 10.6 Å². The van der Waals surface area contributed by atoms with Gasteiger partial charge >= 0.3 is 6.03 Å². The average Bonchev–Trinajstić information content (AvgIpc) is 2.40. The number of amides is 2. The molecule has 1 atom stereocenters. The lowest BCUT2D eigenvalue weighted by Crippen LogP contribution is -2.43. The largest absolute Gasteiger partial charge is 0.335 e. The van der Waals surface area contributed by atoms with Crippen LogP contribution in [0.15, 0.2) is 24.4 Å². The molecule has 4 nitrogen and oxygen atoms in total. The first-order valence-electron chi connectivity index (χ1n) is 6.73. The van der Waals surface area contributed by atoms with Crippen molar-refractivity contribution in [1.82, 2.24) is 15.6 Å². The summed E-state index contributed by atoms with van der Waals surface area (Å²) in [6, 6.07) is 5.92. The van der Waals surface area contributed by atoms with Crippen molar-refractivity contribution in [2.24, 2.45) is 0 Å². The summed E-state index contributed by atoms with van der Waals surface area (Å²) in [6.45, 7) is 1.95. The maximum atomic E-state index is 11.8. The normalized spacial score (nSPS) is 18.1. The number of hydrogen-bond acceptors (Lipinski definition) is 2. The van der Waals surface area contributed by atoms with E-state index in [2.05, 4.69) is 15.6 Å². The molecule has 2 amide bonds. The minimum atomic E-state index is -0.0833. The molecule has 1 saturated carbocycles. The molecule has 2 rings (SSSR count). The van der Waals surface area contributed by atoms with E-state index in [1.165, 1.54) is 19.3 Å². The summed E-state index contributed by atoms with van der Waals surface area (Å²) in [7, 11) is 0. The zero-order chi connectivity index (χ0) is 12.8. The number of carbonyl (C=O) groups excluding carboxylic acids is 1. The van der Waals surface area contributed by atoms with Crippen LogP contribution in [0.25, 0.3) is 0 Å². The summed E-state index contributed by atoms with van der Waals surface area (Å²) in [5.41, 5.74) is 0.885. The smallest absolute Gasteiger partial charge is 0.315 e. The van der Waals surface area contributed by atoms with Crippen molar-refractivity contribution in [2.45, 2.75) is 51.1 Å². The fourth-order valence-electron chi connectivity index (χ4n) is 2.38. The lowest BCUT2D eigenvalue weighted by molar-refractivity contribution is 0.229. The number of aromatic nitrogens is 1. The van der Waals surface area contributed by atoms with Gasteiger partial charge in [-0.1, -0.05) is 25.3 Å². The molecule has 4 heteroatoms. The number of rotatable bonds is 3. The molecule has 1 fully saturated rings. The number of urea groups is 1. The van der Waals surface area contributed by atoms with E-state index in [0.29, 0.717) is 6.04 Å². The predicted molar refractivity (Wildman–Crippen MR) is 71.2 cm³/mol. The molecular formula is C14H21N3O. The molecule has 0 spiro atoms. The Bertz CT molecular complexity index is 374. The van der Waals surface area contributed by atoms with Gasteiger partial charge in [-0.3, -0.25) is 4.98 Å². The van der Waals surface area contributed by atoms with E-state index >= 15 is 0 Å². The van der Waals surface area contributed by atoms with Gasteiger partial charge in [-0.15, -0.1) is 0 Å². The Morgan fingerprint density at radius 3 is 2.78 bits per heavy atom. The van der Waals surface area contributed by atoms with Crippen molar-refractivity contribution in [3.63, 3.8) is 0 Å². The molecule has 18 heavy (non-hydrogen) atoms. The van der Waals surface area contributed by atoms with Crippen LogP contribution in [0.3, 0.4) is 0 Å². The second-order valence-electron chi connectivity index (χ2n) is 4.93. The van der Waals surface area contributed by atoms with E-state index in [0.717, 1.165) is 18.5 Å². The van der Waals surface area contributed by atoms with Gasteiger partial charge in [-0.05, 0) is 31.9 Å². The lowest BCUT2D eigenvalue weighted by atomic mass is 9.96. The minimum Gasteiger partial charge on any atom is -0.335 e. The lowest BCUT2D eigenvalue weighted by Gasteiger charge is -2.24. The number of pyridine rings is 1. The highest BCUT2D eigenvalue weighted by Crippen LogP contribution is 2.17. The van der Waals surface area contributed by atoms with E-state index in [1.54, 1.807) is 6.20 Å². The van der Waals surface area contributed by atoms with Crippen LogP contribution in [0, 0.1) is 0 Å². The zero-order valence-corrected chi connectivity index (χ0v) is 10.9. The molecular weight excluding hydrogens is 226 g/mol. The maximum absolute atomic E-state index is 11.8. The molecule has 0 aliphatic heterocycles. The third-order valence-corrected chi connectivity index (χ3v) is 3.42. The van der Waals surface area contributed by atoms with Crippen LogP contribution in [-0.4, -0.2) is 17.1 Å². The van der Waals surface area contributed by atoms with Gasteiger partial charge in [0, 0.05) is 12.2 Å². The summed E-state index contributed by atoms with van der Waals surface area (Å²) in [4.78, 5) is 16.1. The molecule has 1 aliphatic rings. The Morgan fingerprint density at radius 2 is 2.11 bits per heavy atom. The van der Waals surface area contributed by atoms with Crippen molar-refractivity contribution in [2.75, 3.05) is 0 Å². The molecule has 0 radical (unpaired) electrons.